The van der Waals surface area contributed by atoms with E-state index in [1.165, 1.54) is 19.3 Å². The Hall–Kier alpha value is -0.730. The average molecular weight is 241 g/mol. The minimum absolute atomic E-state index is 0.259. The smallest absolute Gasteiger partial charge is 0.407 e. The minimum atomic E-state index is -0.259. The maximum atomic E-state index is 11.3. The number of carbonyl (C=O) groups is 1. The molecule has 0 aromatic carbocycles. The van der Waals surface area contributed by atoms with Crippen LogP contribution in [0.1, 0.15) is 59.8 Å². The van der Waals surface area contributed by atoms with Crippen LogP contribution >= 0.6 is 0 Å². The van der Waals surface area contributed by atoms with Crippen molar-refractivity contribution in [2.45, 2.75) is 65.8 Å². The van der Waals surface area contributed by atoms with Crippen molar-refractivity contribution in [3.05, 3.63) is 0 Å². The highest BCUT2D eigenvalue weighted by atomic mass is 16.5. The molecular weight excluding hydrogens is 214 g/mol. The van der Waals surface area contributed by atoms with Crippen LogP contribution in [-0.4, -0.2) is 18.7 Å². The molecule has 0 saturated heterocycles. The molecular formula is C14H27NO2. The highest BCUT2D eigenvalue weighted by Gasteiger charge is 2.32. The van der Waals surface area contributed by atoms with Gasteiger partial charge in [-0.15, -0.1) is 0 Å². The van der Waals surface area contributed by atoms with Gasteiger partial charge in [-0.3, -0.25) is 0 Å². The first-order valence-electron chi connectivity index (χ1n) is 6.93. The molecule has 0 aromatic rings. The molecule has 0 bridgehead atoms. The lowest BCUT2D eigenvalue weighted by molar-refractivity contribution is 0.121. The predicted octanol–water partition coefficient (Wildman–Crippen LogP) is 3.73. The zero-order valence-electron chi connectivity index (χ0n) is 11.7. The number of rotatable bonds is 4. The van der Waals surface area contributed by atoms with E-state index < -0.39 is 0 Å². The van der Waals surface area contributed by atoms with Gasteiger partial charge >= 0.3 is 6.09 Å². The molecule has 1 N–H and O–H groups in total. The normalized spacial score (nSPS) is 25.4. The third kappa shape index (κ3) is 4.21. The van der Waals surface area contributed by atoms with Gasteiger partial charge in [-0.1, -0.05) is 27.2 Å². The van der Waals surface area contributed by atoms with E-state index in [1.54, 1.807) is 0 Å². The molecule has 3 nitrogen and oxygen atoms in total. The van der Waals surface area contributed by atoms with Crippen LogP contribution in [-0.2, 0) is 4.74 Å². The summed E-state index contributed by atoms with van der Waals surface area (Å²) in [7, 11) is 0. The minimum Gasteiger partial charge on any atom is -0.450 e. The van der Waals surface area contributed by atoms with E-state index in [9.17, 15) is 4.79 Å². The van der Waals surface area contributed by atoms with Gasteiger partial charge in [0.05, 0.1) is 6.61 Å². The molecule has 0 unspecified atom stereocenters. The Kier molecular flexibility index (Phi) is 5.29. The second-order valence-electron chi connectivity index (χ2n) is 5.76. The second kappa shape index (κ2) is 6.27. The third-order valence-electron chi connectivity index (χ3n) is 4.34. The van der Waals surface area contributed by atoms with Crippen LogP contribution < -0.4 is 5.32 Å². The molecule has 1 aliphatic rings. The first-order chi connectivity index (χ1) is 7.99. The van der Waals surface area contributed by atoms with Crippen molar-refractivity contribution in [3.8, 4) is 0 Å². The van der Waals surface area contributed by atoms with Gasteiger partial charge in [0.2, 0.25) is 0 Å². The SMILES string of the molecule is CCOC(=O)NC1CCC(C(C)(C)CC)CC1. The van der Waals surface area contributed by atoms with Crippen LogP contribution in [0.4, 0.5) is 4.79 Å². The van der Waals surface area contributed by atoms with E-state index in [0.29, 0.717) is 18.1 Å². The van der Waals surface area contributed by atoms with Gasteiger partial charge in [-0.2, -0.15) is 0 Å². The van der Waals surface area contributed by atoms with Gasteiger partial charge in [0.1, 0.15) is 0 Å². The summed E-state index contributed by atoms with van der Waals surface area (Å²) in [5.41, 5.74) is 0.439. The van der Waals surface area contributed by atoms with E-state index in [-0.39, 0.29) is 6.09 Å². The fourth-order valence-corrected chi connectivity index (χ4v) is 2.65. The lowest BCUT2D eigenvalue weighted by Gasteiger charge is -2.38. The Labute approximate surface area is 105 Å². The fraction of sp³-hybridized carbons (Fsp3) is 0.929. The highest BCUT2D eigenvalue weighted by Crippen LogP contribution is 2.40. The zero-order valence-corrected chi connectivity index (χ0v) is 11.7. The van der Waals surface area contributed by atoms with Crippen molar-refractivity contribution in [1.29, 1.82) is 0 Å². The van der Waals surface area contributed by atoms with Crippen LogP contribution in [0, 0.1) is 11.3 Å². The van der Waals surface area contributed by atoms with Crippen molar-refractivity contribution in [3.63, 3.8) is 0 Å². The van der Waals surface area contributed by atoms with Gasteiger partial charge in [0, 0.05) is 6.04 Å². The molecule has 0 atom stereocenters. The van der Waals surface area contributed by atoms with Crippen molar-refractivity contribution < 1.29 is 9.53 Å². The summed E-state index contributed by atoms with van der Waals surface area (Å²) in [5, 5.41) is 2.95. The number of ether oxygens (including phenoxy) is 1. The summed E-state index contributed by atoms with van der Waals surface area (Å²) in [4.78, 5) is 11.3. The summed E-state index contributed by atoms with van der Waals surface area (Å²) in [6.07, 6.45) is 5.59. The largest absolute Gasteiger partial charge is 0.450 e. The Bertz CT molecular complexity index is 243. The zero-order chi connectivity index (χ0) is 12.9. The van der Waals surface area contributed by atoms with Crippen LogP contribution in [0.15, 0.2) is 0 Å². The molecule has 0 spiro atoms. The monoisotopic (exact) mass is 241 g/mol. The number of hydrogen-bond acceptors (Lipinski definition) is 2. The lowest BCUT2D eigenvalue weighted by Crippen LogP contribution is -2.40. The third-order valence-corrected chi connectivity index (χ3v) is 4.34. The molecule has 0 aliphatic heterocycles. The average Bonchev–Trinajstić information content (AvgIpc) is 2.30. The van der Waals surface area contributed by atoms with Gasteiger partial charge < -0.3 is 10.1 Å². The van der Waals surface area contributed by atoms with E-state index in [0.717, 1.165) is 18.8 Å². The molecule has 0 aromatic heterocycles. The molecule has 1 saturated carbocycles. The molecule has 1 aliphatic carbocycles. The van der Waals surface area contributed by atoms with Crippen LogP contribution in [0.3, 0.4) is 0 Å². The molecule has 1 fully saturated rings. The Morgan fingerprint density at radius 3 is 2.29 bits per heavy atom. The van der Waals surface area contributed by atoms with Crippen molar-refractivity contribution in [2.75, 3.05) is 6.61 Å². The first-order valence-corrected chi connectivity index (χ1v) is 6.93. The van der Waals surface area contributed by atoms with Crippen LogP contribution in [0.5, 0.6) is 0 Å². The van der Waals surface area contributed by atoms with Gasteiger partial charge in [-0.25, -0.2) is 4.79 Å². The van der Waals surface area contributed by atoms with Crippen molar-refractivity contribution in [2.24, 2.45) is 11.3 Å². The van der Waals surface area contributed by atoms with E-state index in [1.807, 2.05) is 6.92 Å². The summed E-state index contributed by atoms with van der Waals surface area (Å²) >= 11 is 0. The second-order valence-corrected chi connectivity index (χ2v) is 5.76. The number of nitrogens with one attached hydrogen (secondary N) is 1. The highest BCUT2D eigenvalue weighted by molar-refractivity contribution is 5.67. The Morgan fingerprint density at radius 2 is 1.82 bits per heavy atom. The number of hydrogen-bond donors (Lipinski definition) is 1. The number of carbonyl (C=O) groups excluding carboxylic acids is 1. The molecule has 0 heterocycles. The molecule has 100 valence electrons. The first kappa shape index (κ1) is 14.3. The molecule has 17 heavy (non-hydrogen) atoms. The van der Waals surface area contributed by atoms with Gasteiger partial charge in [0.25, 0.3) is 0 Å². The summed E-state index contributed by atoms with van der Waals surface area (Å²) in [6, 6.07) is 0.318. The maximum Gasteiger partial charge on any atom is 0.407 e. The molecule has 1 rings (SSSR count). The Balaban J connectivity index is 2.33. The summed E-state index contributed by atoms with van der Waals surface area (Å²) < 4.78 is 4.91. The molecule has 1 amide bonds. The van der Waals surface area contributed by atoms with E-state index >= 15 is 0 Å². The van der Waals surface area contributed by atoms with Crippen molar-refractivity contribution >= 4 is 6.09 Å². The summed E-state index contributed by atoms with van der Waals surface area (Å²) in [6.45, 7) is 9.26. The van der Waals surface area contributed by atoms with E-state index in [2.05, 4.69) is 26.1 Å². The Morgan fingerprint density at radius 1 is 1.24 bits per heavy atom. The van der Waals surface area contributed by atoms with Crippen molar-refractivity contribution in [1.82, 2.24) is 5.32 Å². The molecule has 0 radical (unpaired) electrons. The number of alkyl carbamates (subject to hydrolysis) is 1. The maximum absolute atomic E-state index is 11.3. The van der Waals surface area contributed by atoms with Gasteiger partial charge in [-0.05, 0) is 43.9 Å². The van der Waals surface area contributed by atoms with E-state index in [4.69, 9.17) is 4.74 Å². The predicted molar refractivity (Wildman–Crippen MR) is 70.0 cm³/mol. The molecule has 3 heteroatoms. The lowest BCUT2D eigenvalue weighted by atomic mass is 9.69. The number of amides is 1. The standard InChI is InChI=1S/C14H27NO2/c1-5-14(3,4)11-7-9-12(10-8-11)15-13(16)17-6-2/h11-12H,5-10H2,1-4H3,(H,15,16). The quantitative estimate of drug-likeness (QED) is 0.814. The topological polar surface area (TPSA) is 38.3 Å². The van der Waals surface area contributed by atoms with Crippen LogP contribution in [0.25, 0.3) is 0 Å². The van der Waals surface area contributed by atoms with Crippen LogP contribution in [0.2, 0.25) is 0 Å². The fourth-order valence-electron chi connectivity index (χ4n) is 2.65. The van der Waals surface area contributed by atoms with Gasteiger partial charge in [0.15, 0.2) is 0 Å². The summed E-state index contributed by atoms with van der Waals surface area (Å²) in [5.74, 6) is 0.799.